The van der Waals surface area contributed by atoms with E-state index >= 15 is 0 Å². The molecule has 44 valence electrons. The minimum absolute atomic E-state index is 0.750. The van der Waals surface area contributed by atoms with Crippen molar-refractivity contribution >= 4 is 17.6 Å². The number of carbonyl (C=O) groups is 1. The van der Waals surface area contributed by atoms with Crippen molar-refractivity contribution in [1.29, 1.82) is 0 Å². The van der Waals surface area contributed by atoms with Crippen LogP contribution in [0.25, 0.3) is 0 Å². The zero-order valence-electron chi connectivity index (χ0n) is 4.57. The number of thiazole rings is 1. The third-order valence-corrected chi connectivity index (χ3v) is 0.869. The van der Waals surface area contributed by atoms with Crippen LogP contribution >= 0.6 is 11.3 Å². The Bertz CT molecular complexity index is 98.8. The van der Waals surface area contributed by atoms with Crippen LogP contribution in [0.15, 0.2) is 17.1 Å². The number of nitrogens with zero attached hydrogens (tertiary/aromatic N) is 1. The number of rotatable bonds is 0. The maximum atomic E-state index is 8.81. The average Bonchev–Trinajstić information content (AvgIpc) is 2.17. The molecule has 1 heterocycles. The highest BCUT2D eigenvalue weighted by Gasteiger charge is 1.59. The summed E-state index contributed by atoms with van der Waals surface area (Å²) in [4.78, 5) is 12.5. The van der Waals surface area contributed by atoms with E-state index in [9.17, 15) is 0 Å². The van der Waals surface area contributed by atoms with Gasteiger partial charge in [-0.15, -0.1) is 11.3 Å². The van der Waals surface area contributed by atoms with Gasteiger partial charge in [-0.25, -0.2) is 0 Å². The second kappa shape index (κ2) is 6.30. The summed E-state index contributed by atoms with van der Waals surface area (Å²) in [6.45, 7) is 1.44. The van der Waals surface area contributed by atoms with Crippen molar-refractivity contribution in [3.05, 3.63) is 17.1 Å². The zero-order chi connectivity index (χ0) is 6.24. The van der Waals surface area contributed by atoms with Gasteiger partial charge in [0.15, 0.2) is 0 Å². The van der Waals surface area contributed by atoms with E-state index in [0.717, 1.165) is 6.29 Å². The summed E-state index contributed by atoms with van der Waals surface area (Å²) < 4.78 is 0. The molecule has 3 heteroatoms. The first-order valence-corrected chi connectivity index (χ1v) is 3.08. The highest BCUT2D eigenvalue weighted by molar-refractivity contribution is 7.07. The van der Waals surface area contributed by atoms with Crippen molar-refractivity contribution in [1.82, 2.24) is 4.98 Å². The van der Waals surface area contributed by atoms with Gasteiger partial charge >= 0.3 is 0 Å². The number of aromatic nitrogens is 1. The van der Waals surface area contributed by atoms with Crippen LogP contribution in [0.5, 0.6) is 0 Å². The molecule has 0 aliphatic heterocycles. The lowest BCUT2D eigenvalue weighted by molar-refractivity contribution is -0.106. The Hall–Kier alpha value is -0.700. The van der Waals surface area contributed by atoms with Gasteiger partial charge in [-0.2, -0.15) is 0 Å². The van der Waals surface area contributed by atoms with Gasteiger partial charge in [0.05, 0.1) is 5.51 Å². The Morgan fingerprint density at radius 3 is 2.50 bits per heavy atom. The van der Waals surface area contributed by atoms with Gasteiger partial charge in [-0.1, -0.05) is 0 Å². The van der Waals surface area contributed by atoms with Gasteiger partial charge in [0.1, 0.15) is 6.29 Å². The fraction of sp³-hybridized carbons (Fsp3) is 0.200. The summed E-state index contributed by atoms with van der Waals surface area (Å²) in [7, 11) is 0. The number of hydrogen-bond donors (Lipinski definition) is 0. The lowest BCUT2D eigenvalue weighted by Gasteiger charge is -1.41. The molecule has 0 aliphatic rings. The Kier molecular flexibility index (Phi) is 5.75. The van der Waals surface area contributed by atoms with E-state index in [1.165, 1.54) is 6.92 Å². The highest BCUT2D eigenvalue weighted by atomic mass is 32.1. The molecule has 1 rings (SSSR count). The summed E-state index contributed by atoms with van der Waals surface area (Å²) in [5, 5.41) is 1.93. The maximum Gasteiger partial charge on any atom is 0.116 e. The van der Waals surface area contributed by atoms with Crippen LogP contribution in [0, 0.1) is 0 Å². The minimum atomic E-state index is 0.750. The average molecular weight is 129 g/mol. The summed E-state index contributed by atoms with van der Waals surface area (Å²) in [5.74, 6) is 0. The van der Waals surface area contributed by atoms with Crippen LogP contribution in [-0.2, 0) is 4.79 Å². The molecule has 0 radical (unpaired) electrons. The van der Waals surface area contributed by atoms with Crippen molar-refractivity contribution in [3.8, 4) is 0 Å². The summed E-state index contributed by atoms with van der Waals surface area (Å²) in [5.41, 5.74) is 1.79. The van der Waals surface area contributed by atoms with E-state index in [-0.39, 0.29) is 0 Å². The normalized spacial score (nSPS) is 6.62. The zero-order valence-corrected chi connectivity index (χ0v) is 5.39. The summed E-state index contributed by atoms with van der Waals surface area (Å²) in [6.07, 6.45) is 2.52. The number of hydrogen-bond acceptors (Lipinski definition) is 3. The summed E-state index contributed by atoms with van der Waals surface area (Å²) in [6, 6.07) is 0. The van der Waals surface area contributed by atoms with E-state index in [1.54, 1.807) is 23.0 Å². The van der Waals surface area contributed by atoms with E-state index in [0.29, 0.717) is 0 Å². The van der Waals surface area contributed by atoms with E-state index in [1.807, 2.05) is 5.38 Å². The van der Waals surface area contributed by atoms with Gasteiger partial charge in [0.2, 0.25) is 0 Å². The number of carbonyl (C=O) groups excluding carboxylic acids is 1. The Labute approximate surface area is 52.2 Å². The Morgan fingerprint density at radius 2 is 2.38 bits per heavy atom. The molecule has 2 nitrogen and oxygen atoms in total. The summed E-state index contributed by atoms with van der Waals surface area (Å²) >= 11 is 1.60. The smallest absolute Gasteiger partial charge is 0.116 e. The van der Waals surface area contributed by atoms with Gasteiger partial charge in [-0.3, -0.25) is 4.98 Å². The van der Waals surface area contributed by atoms with E-state index in [2.05, 4.69) is 4.98 Å². The first-order chi connectivity index (χ1) is 3.91. The molecule has 0 amide bonds. The minimum Gasteiger partial charge on any atom is -0.304 e. The van der Waals surface area contributed by atoms with Crippen LogP contribution in [0.2, 0.25) is 0 Å². The second-order valence-electron chi connectivity index (χ2n) is 0.911. The second-order valence-corrected chi connectivity index (χ2v) is 1.67. The van der Waals surface area contributed by atoms with Crippen LogP contribution < -0.4 is 0 Å². The largest absolute Gasteiger partial charge is 0.304 e. The van der Waals surface area contributed by atoms with Crippen LogP contribution in [0.1, 0.15) is 6.92 Å². The monoisotopic (exact) mass is 129 g/mol. The molecule has 0 aromatic carbocycles. The highest BCUT2D eigenvalue weighted by Crippen LogP contribution is 1.85. The van der Waals surface area contributed by atoms with Gasteiger partial charge in [0, 0.05) is 11.6 Å². The van der Waals surface area contributed by atoms with Crippen molar-refractivity contribution in [3.63, 3.8) is 0 Å². The fourth-order valence-corrected chi connectivity index (χ4v) is 0.527. The first kappa shape index (κ1) is 7.30. The molecule has 0 unspecified atom stereocenters. The molecule has 0 fully saturated rings. The molecule has 0 spiro atoms. The molecule has 0 atom stereocenters. The van der Waals surface area contributed by atoms with Gasteiger partial charge < -0.3 is 4.79 Å². The standard InChI is InChI=1S/C3H3NS.C2H4O/c1-2-5-3-4-1;1-2-3/h1-3H;2H,1H3. The van der Waals surface area contributed by atoms with Crippen molar-refractivity contribution in [2.75, 3.05) is 0 Å². The molecular weight excluding hydrogens is 122 g/mol. The quantitative estimate of drug-likeness (QED) is 0.495. The third-order valence-electron chi connectivity index (χ3n) is 0.347. The SMILES string of the molecule is CC=O.c1cscn1. The Morgan fingerprint density at radius 1 is 1.75 bits per heavy atom. The molecule has 8 heavy (non-hydrogen) atoms. The molecule has 0 aliphatic carbocycles. The molecule has 0 saturated carbocycles. The van der Waals surface area contributed by atoms with E-state index in [4.69, 9.17) is 4.79 Å². The van der Waals surface area contributed by atoms with Crippen LogP contribution in [0.3, 0.4) is 0 Å². The first-order valence-electron chi connectivity index (χ1n) is 2.13. The topological polar surface area (TPSA) is 30.0 Å². The lowest BCUT2D eigenvalue weighted by atomic mass is 11.0. The van der Waals surface area contributed by atoms with Crippen LogP contribution in [-0.4, -0.2) is 11.3 Å². The van der Waals surface area contributed by atoms with Crippen molar-refractivity contribution in [2.45, 2.75) is 6.92 Å². The molecule has 0 bridgehead atoms. The van der Waals surface area contributed by atoms with Crippen molar-refractivity contribution in [2.24, 2.45) is 0 Å². The lowest BCUT2D eigenvalue weighted by Crippen LogP contribution is -1.38. The molecule has 1 aromatic rings. The predicted octanol–water partition coefficient (Wildman–Crippen LogP) is 1.35. The van der Waals surface area contributed by atoms with Crippen molar-refractivity contribution < 1.29 is 4.79 Å². The van der Waals surface area contributed by atoms with Crippen LogP contribution in [0.4, 0.5) is 0 Å². The predicted molar refractivity (Wildman–Crippen MR) is 33.9 cm³/mol. The maximum absolute atomic E-state index is 8.81. The Balaban J connectivity index is 0.000000145. The molecule has 0 N–H and O–H groups in total. The van der Waals surface area contributed by atoms with E-state index < -0.39 is 0 Å². The fourth-order valence-electron chi connectivity index (χ4n) is 0.176. The number of aldehydes is 1. The van der Waals surface area contributed by atoms with Gasteiger partial charge in [-0.05, 0) is 6.92 Å². The molecule has 1 aromatic heterocycles. The molecule has 0 saturated heterocycles. The molecular formula is C5H7NOS. The third kappa shape index (κ3) is 5.30. The van der Waals surface area contributed by atoms with Gasteiger partial charge in [0.25, 0.3) is 0 Å².